The highest BCUT2D eigenvalue weighted by molar-refractivity contribution is 7.90. The number of hydrogen-bond acceptors (Lipinski definition) is 3. The van der Waals surface area contributed by atoms with Gasteiger partial charge in [-0.1, -0.05) is 36.8 Å². The van der Waals surface area contributed by atoms with Gasteiger partial charge in [-0.2, -0.15) is 0 Å². The molecule has 0 spiro atoms. The van der Waals surface area contributed by atoms with E-state index >= 15 is 0 Å². The van der Waals surface area contributed by atoms with Crippen LogP contribution < -0.4 is 5.32 Å². The molecule has 0 amide bonds. The lowest BCUT2D eigenvalue weighted by molar-refractivity contribution is 0.438. The second-order valence-electron chi connectivity index (χ2n) is 6.03. The number of rotatable bonds is 10. The average Bonchev–Trinajstić information content (AvgIpc) is 2.40. The minimum absolute atomic E-state index is 0.297. The SMILES string of the molecule is CCCNCC(CCCS(C)(=O)=O)Cc1ccc(C)cc1. The van der Waals surface area contributed by atoms with E-state index in [9.17, 15) is 8.42 Å². The fourth-order valence-electron chi connectivity index (χ4n) is 2.45. The number of nitrogens with one attached hydrogen (secondary N) is 1. The molecule has 0 bridgehead atoms. The Morgan fingerprint density at radius 3 is 2.43 bits per heavy atom. The van der Waals surface area contributed by atoms with Gasteiger partial charge in [0.05, 0.1) is 0 Å². The molecule has 0 saturated carbocycles. The van der Waals surface area contributed by atoms with Gasteiger partial charge in [-0.15, -0.1) is 0 Å². The van der Waals surface area contributed by atoms with E-state index in [4.69, 9.17) is 0 Å². The highest BCUT2D eigenvalue weighted by atomic mass is 32.2. The molecule has 0 fully saturated rings. The first kappa shape index (κ1) is 18.2. The molecule has 4 heteroatoms. The minimum atomic E-state index is -2.84. The van der Waals surface area contributed by atoms with Gasteiger partial charge in [-0.05, 0) is 57.2 Å². The van der Waals surface area contributed by atoms with Crippen LogP contribution in [0.4, 0.5) is 0 Å². The lowest BCUT2D eigenvalue weighted by Gasteiger charge is -2.18. The summed E-state index contributed by atoms with van der Waals surface area (Å²) in [6.45, 7) is 6.24. The van der Waals surface area contributed by atoms with Gasteiger partial charge in [0.25, 0.3) is 0 Å². The second-order valence-corrected chi connectivity index (χ2v) is 8.29. The van der Waals surface area contributed by atoms with Crippen LogP contribution in [0.3, 0.4) is 0 Å². The van der Waals surface area contributed by atoms with E-state index in [1.807, 2.05) is 0 Å². The van der Waals surface area contributed by atoms with Gasteiger partial charge in [-0.25, -0.2) is 8.42 Å². The molecule has 0 heterocycles. The summed E-state index contributed by atoms with van der Waals surface area (Å²) >= 11 is 0. The van der Waals surface area contributed by atoms with Crippen molar-refractivity contribution in [2.45, 2.75) is 39.5 Å². The molecule has 0 aliphatic heterocycles. The molecule has 21 heavy (non-hydrogen) atoms. The molecule has 1 aromatic rings. The highest BCUT2D eigenvalue weighted by Gasteiger charge is 2.11. The molecule has 1 aromatic carbocycles. The third-order valence-electron chi connectivity index (χ3n) is 3.63. The Hall–Kier alpha value is -0.870. The average molecular weight is 311 g/mol. The predicted molar refractivity (Wildman–Crippen MR) is 90.5 cm³/mol. The first-order valence-electron chi connectivity index (χ1n) is 7.84. The molecule has 0 radical (unpaired) electrons. The number of sulfone groups is 1. The molecule has 0 aliphatic carbocycles. The fourth-order valence-corrected chi connectivity index (χ4v) is 3.14. The molecule has 3 nitrogen and oxygen atoms in total. The topological polar surface area (TPSA) is 46.2 Å². The van der Waals surface area contributed by atoms with Gasteiger partial charge in [-0.3, -0.25) is 0 Å². The van der Waals surface area contributed by atoms with Crippen LogP contribution in [0, 0.1) is 12.8 Å². The Bertz CT molecular complexity index is 494. The zero-order valence-electron chi connectivity index (χ0n) is 13.6. The summed E-state index contributed by atoms with van der Waals surface area (Å²) in [5.74, 6) is 0.798. The molecule has 1 atom stereocenters. The van der Waals surface area contributed by atoms with E-state index in [1.54, 1.807) is 0 Å². The normalized spacial score (nSPS) is 13.3. The van der Waals surface area contributed by atoms with Crippen molar-refractivity contribution >= 4 is 9.84 Å². The Morgan fingerprint density at radius 2 is 1.86 bits per heavy atom. The summed E-state index contributed by atoms with van der Waals surface area (Å²) in [5, 5.41) is 3.46. The standard InChI is InChI=1S/C17H29NO2S/c1-4-11-18-14-17(6-5-12-21(3,19)20)13-16-9-7-15(2)8-10-16/h7-10,17-18H,4-6,11-14H2,1-3H3. The largest absolute Gasteiger partial charge is 0.316 e. The zero-order valence-corrected chi connectivity index (χ0v) is 14.4. The van der Waals surface area contributed by atoms with Gasteiger partial charge in [0.2, 0.25) is 0 Å². The Labute approximate surface area is 130 Å². The Balaban J connectivity index is 2.52. The van der Waals surface area contributed by atoms with Crippen LogP contribution in [0.1, 0.15) is 37.3 Å². The van der Waals surface area contributed by atoms with Crippen molar-refractivity contribution in [2.75, 3.05) is 25.1 Å². The monoisotopic (exact) mass is 311 g/mol. The number of aryl methyl sites for hydroxylation is 1. The minimum Gasteiger partial charge on any atom is -0.316 e. The van der Waals surface area contributed by atoms with Gasteiger partial charge in [0, 0.05) is 12.0 Å². The third-order valence-corrected chi connectivity index (χ3v) is 4.66. The zero-order chi connectivity index (χ0) is 15.7. The lowest BCUT2D eigenvalue weighted by atomic mass is 9.94. The fraction of sp³-hybridized carbons (Fsp3) is 0.647. The van der Waals surface area contributed by atoms with Gasteiger partial charge < -0.3 is 5.32 Å². The molecule has 1 N–H and O–H groups in total. The summed E-state index contributed by atoms with van der Waals surface area (Å²) in [6.07, 6.45) is 5.17. The summed E-state index contributed by atoms with van der Waals surface area (Å²) < 4.78 is 22.5. The smallest absolute Gasteiger partial charge is 0.147 e. The van der Waals surface area contributed by atoms with E-state index in [0.717, 1.165) is 38.8 Å². The molecular weight excluding hydrogens is 282 g/mol. The Kier molecular flexibility index (Phi) is 7.97. The van der Waals surface area contributed by atoms with Crippen molar-refractivity contribution in [3.63, 3.8) is 0 Å². The maximum atomic E-state index is 11.3. The van der Waals surface area contributed by atoms with Crippen molar-refractivity contribution in [1.82, 2.24) is 5.32 Å². The van der Waals surface area contributed by atoms with Crippen LogP contribution >= 0.6 is 0 Å². The van der Waals surface area contributed by atoms with E-state index < -0.39 is 9.84 Å². The summed E-state index contributed by atoms with van der Waals surface area (Å²) in [4.78, 5) is 0. The van der Waals surface area contributed by atoms with Crippen LogP contribution in [-0.4, -0.2) is 33.5 Å². The van der Waals surface area contributed by atoms with Crippen LogP contribution in [0.15, 0.2) is 24.3 Å². The summed E-state index contributed by atoms with van der Waals surface area (Å²) in [5.41, 5.74) is 2.61. The number of hydrogen-bond donors (Lipinski definition) is 1. The van der Waals surface area contributed by atoms with E-state index in [2.05, 4.69) is 43.4 Å². The van der Waals surface area contributed by atoms with Crippen LogP contribution in [0.2, 0.25) is 0 Å². The summed E-state index contributed by atoms with van der Waals surface area (Å²) in [7, 11) is -2.84. The van der Waals surface area contributed by atoms with Crippen LogP contribution in [-0.2, 0) is 16.3 Å². The Morgan fingerprint density at radius 1 is 1.19 bits per heavy atom. The van der Waals surface area contributed by atoms with Crippen molar-refractivity contribution in [2.24, 2.45) is 5.92 Å². The van der Waals surface area contributed by atoms with Crippen LogP contribution in [0.5, 0.6) is 0 Å². The second kappa shape index (κ2) is 9.21. The highest BCUT2D eigenvalue weighted by Crippen LogP contribution is 2.15. The van der Waals surface area contributed by atoms with Gasteiger partial charge >= 0.3 is 0 Å². The molecule has 0 aromatic heterocycles. The molecule has 1 rings (SSSR count). The van der Waals surface area contributed by atoms with E-state index in [0.29, 0.717) is 11.7 Å². The quantitative estimate of drug-likeness (QED) is 0.676. The molecule has 0 aliphatic rings. The lowest BCUT2D eigenvalue weighted by Crippen LogP contribution is -2.25. The van der Waals surface area contributed by atoms with E-state index in [1.165, 1.54) is 17.4 Å². The maximum absolute atomic E-state index is 11.3. The van der Waals surface area contributed by atoms with Crippen molar-refractivity contribution in [3.8, 4) is 0 Å². The van der Waals surface area contributed by atoms with Gasteiger partial charge in [0.1, 0.15) is 9.84 Å². The molecule has 0 saturated heterocycles. The number of benzene rings is 1. The molecule has 120 valence electrons. The van der Waals surface area contributed by atoms with Crippen LogP contribution in [0.25, 0.3) is 0 Å². The van der Waals surface area contributed by atoms with Crippen molar-refractivity contribution < 1.29 is 8.42 Å². The molecular formula is C17H29NO2S. The first-order chi connectivity index (χ1) is 9.90. The summed E-state index contributed by atoms with van der Waals surface area (Å²) in [6, 6.07) is 8.64. The molecule has 1 unspecified atom stereocenters. The van der Waals surface area contributed by atoms with Gasteiger partial charge in [0.15, 0.2) is 0 Å². The van der Waals surface area contributed by atoms with Crippen molar-refractivity contribution in [1.29, 1.82) is 0 Å². The first-order valence-corrected chi connectivity index (χ1v) is 9.90. The van der Waals surface area contributed by atoms with Crippen molar-refractivity contribution in [3.05, 3.63) is 35.4 Å². The van der Waals surface area contributed by atoms with E-state index in [-0.39, 0.29) is 0 Å². The third kappa shape index (κ3) is 8.89. The predicted octanol–water partition coefficient (Wildman–Crippen LogP) is 2.98. The maximum Gasteiger partial charge on any atom is 0.147 e.